The highest BCUT2D eigenvalue weighted by Gasteiger charge is 2.14. The Morgan fingerprint density at radius 2 is 1.71 bits per heavy atom. The predicted octanol–water partition coefficient (Wildman–Crippen LogP) is 4.01. The molecule has 1 nitrogen and oxygen atoms in total. The van der Waals surface area contributed by atoms with Crippen molar-refractivity contribution in [2.24, 2.45) is 0 Å². The molecule has 0 radical (unpaired) electrons. The van der Waals surface area contributed by atoms with E-state index in [0.29, 0.717) is 16.8 Å². The average Bonchev–Trinajstić information content (AvgIpc) is 2.29. The van der Waals surface area contributed by atoms with Crippen LogP contribution in [0.4, 0.5) is 18.9 Å². The van der Waals surface area contributed by atoms with Crippen LogP contribution >= 0.6 is 0 Å². The minimum Gasteiger partial charge on any atom is -0.398 e. The van der Waals surface area contributed by atoms with E-state index in [9.17, 15) is 13.2 Å². The van der Waals surface area contributed by atoms with Gasteiger partial charge < -0.3 is 5.73 Å². The average molecular weight is 237 g/mol. The number of hydrogen-bond donors (Lipinski definition) is 1. The summed E-state index contributed by atoms with van der Waals surface area (Å²) in [5, 5.41) is 0. The van der Waals surface area contributed by atoms with Crippen LogP contribution in [0.5, 0.6) is 0 Å². The summed E-state index contributed by atoms with van der Waals surface area (Å²) in [5.41, 5.74) is 6.74. The fourth-order valence-corrected chi connectivity index (χ4v) is 1.63. The van der Waals surface area contributed by atoms with Gasteiger partial charge in [0.1, 0.15) is 5.82 Å². The molecule has 0 aromatic heterocycles. The van der Waals surface area contributed by atoms with E-state index in [-0.39, 0.29) is 0 Å². The van der Waals surface area contributed by atoms with Crippen molar-refractivity contribution in [3.8, 4) is 11.1 Å². The van der Waals surface area contributed by atoms with Crippen molar-refractivity contribution in [1.29, 1.82) is 0 Å². The van der Waals surface area contributed by atoms with Crippen molar-refractivity contribution in [2.45, 2.75) is 6.43 Å². The Hall–Kier alpha value is -1.97. The first-order valence-corrected chi connectivity index (χ1v) is 5.02. The largest absolute Gasteiger partial charge is 0.398 e. The van der Waals surface area contributed by atoms with Crippen LogP contribution in [0.1, 0.15) is 12.0 Å². The van der Waals surface area contributed by atoms with Crippen molar-refractivity contribution < 1.29 is 13.2 Å². The summed E-state index contributed by atoms with van der Waals surface area (Å²) < 4.78 is 38.2. The van der Waals surface area contributed by atoms with Crippen LogP contribution in [0.3, 0.4) is 0 Å². The molecule has 0 saturated carbocycles. The quantitative estimate of drug-likeness (QED) is 0.784. The molecular weight excluding hydrogens is 227 g/mol. The monoisotopic (exact) mass is 237 g/mol. The number of para-hydroxylation sites is 1. The Morgan fingerprint density at radius 1 is 1.00 bits per heavy atom. The topological polar surface area (TPSA) is 26.0 Å². The van der Waals surface area contributed by atoms with E-state index in [2.05, 4.69) is 0 Å². The van der Waals surface area contributed by atoms with Gasteiger partial charge in [-0.05, 0) is 23.8 Å². The van der Waals surface area contributed by atoms with Crippen LogP contribution < -0.4 is 5.73 Å². The zero-order valence-electron chi connectivity index (χ0n) is 8.83. The highest BCUT2D eigenvalue weighted by molar-refractivity contribution is 5.76. The number of rotatable bonds is 2. The van der Waals surface area contributed by atoms with E-state index in [1.165, 1.54) is 6.07 Å². The van der Waals surface area contributed by atoms with Gasteiger partial charge in [0, 0.05) is 11.3 Å². The second-order valence-corrected chi connectivity index (χ2v) is 3.62. The lowest BCUT2D eigenvalue weighted by Gasteiger charge is -2.07. The molecule has 0 aliphatic heterocycles. The molecule has 0 heterocycles. The summed E-state index contributed by atoms with van der Waals surface area (Å²) in [6.07, 6.45) is -2.81. The maximum absolute atomic E-state index is 13.4. The molecule has 0 amide bonds. The molecule has 0 unspecified atom stereocenters. The van der Waals surface area contributed by atoms with E-state index in [1.54, 1.807) is 24.3 Å². The lowest BCUT2D eigenvalue weighted by Crippen LogP contribution is -1.93. The van der Waals surface area contributed by atoms with Crippen LogP contribution in [0.2, 0.25) is 0 Å². The molecule has 0 fully saturated rings. The van der Waals surface area contributed by atoms with Crippen LogP contribution in [-0.4, -0.2) is 0 Å². The summed E-state index contributed by atoms with van der Waals surface area (Å²) in [6, 6.07) is 10.5. The van der Waals surface area contributed by atoms with Gasteiger partial charge in [0.05, 0.1) is 5.56 Å². The third kappa shape index (κ3) is 2.25. The van der Waals surface area contributed by atoms with Gasteiger partial charge in [-0.25, -0.2) is 13.2 Å². The van der Waals surface area contributed by atoms with Crippen molar-refractivity contribution in [3.05, 3.63) is 53.8 Å². The maximum Gasteiger partial charge on any atom is 0.266 e. The summed E-state index contributed by atoms with van der Waals surface area (Å²) in [6.45, 7) is 0. The zero-order chi connectivity index (χ0) is 12.4. The number of nitrogen functional groups attached to an aromatic ring is 1. The van der Waals surface area contributed by atoms with Gasteiger partial charge >= 0.3 is 0 Å². The molecule has 2 aromatic rings. The van der Waals surface area contributed by atoms with Crippen LogP contribution in [0.15, 0.2) is 42.5 Å². The van der Waals surface area contributed by atoms with Crippen molar-refractivity contribution >= 4 is 5.69 Å². The van der Waals surface area contributed by atoms with Crippen LogP contribution in [-0.2, 0) is 0 Å². The van der Waals surface area contributed by atoms with Gasteiger partial charge in [0.25, 0.3) is 6.43 Å². The SMILES string of the molecule is Nc1ccccc1-c1ccc(C(F)F)c(F)c1. The molecule has 88 valence electrons. The molecule has 0 bridgehead atoms. The van der Waals surface area contributed by atoms with Crippen molar-refractivity contribution in [2.75, 3.05) is 5.73 Å². The number of nitrogens with two attached hydrogens (primary N) is 1. The fraction of sp³-hybridized carbons (Fsp3) is 0.0769. The highest BCUT2D eigenvalue weighted by atomic mass is 19.3. The van der Waals surface area contributed by atoms with Gasteiger partial charge in [-0.3, -0.25) is 0 Å². The van der Waals surface area contributed by atoms with Crippen LogP contribution in [0.25, 0.3) is 11.1 Å². The Morgan fingerprint density at radius 3 is 2.29 bits per heavy atom. The van der Waals surface area contributed by atoms with Gasteiger partial charge in [-0.1, -0.05) is 24.3 Å². The molecule has 17 heavy (non-hydrogen) atoms. The molecule has 4 heteroatoms. The number of anilines is 1. The lowest BCUT2D eigenvalue weighted by atomic mass is 10.0. The number of benzene rings is 2. The molecule has 2 rings (SSSR count). The third-order valence-corrected chi connectivity index (χ3v) is 2.51. The van der Waals surface area contributed by atoms with E-state index >= 15 is 0 Å². The normalized spacial score (nSPS) is 10.8. The van der Waals surface area contributed by atoms with Crippen molar-refractivity contribution in [3.63, 3.8) is 0 Å². The first-order valence-electron chi connectivity index (χ1n) is 5.02. The van der Waals surface area contributed by atoms with Gasteiger partial charge in [-0.2, -0.15) is 0 Å². The van der Waals surface area contributed by atoms with Crippen molar-refractivity contribution in [1.82, 2.24) is 0 Å². The van der Waals surface area contributed by atoms with Gasteiger partial charge in [0.2, 0.25) is 0 Å². The Kier molecular flexibility index (Phi) is 3.04. The second kappa shape index (κ2) is 4.49. The third-order valence-electron chi connectivity index (χ3n) is 2.51. The van der Waals surface area contributed by atoms with Gasteiger partial charge in [0.15, 0.2) is 0 Å². The number of alkyl halides is 2. The first kappa shape index (κ1) is 11.5. The molecular formula is C13H10F3N. The van der Waals surface area contributed by atoms with E-state index < -0.39 is 17.8 Å². The summed E-state index contributed by atoms with van der Waals surface area (Å²) in [7, 11) is 0. The summed E-state index contributed by atoms with van der Waals surface area (Å²) in [4.78, 5) is 0. The standard InChI is InChI=1S/C13H10F3N/c14-11-7-8(5-6-10(11)13(15)16)9-3-1-2-4-12(9)17/h1-7,13H,17H2. The maximum atomic E-state index is 13.4. The Labute approximate surface area is 96.7 Å². The molecule has 0 aliphatic carbocycles. The van der Waals surface area contributed by atoms with Gasteiger partial charge in [-0.15, -0.1) is 0 Å². The second-order valence-electron chi connectivity index (χ2n) is 3.62. The molecule has 0 saturated heterocycles. The summed E-state index contributed by atoms with van der Waals surface area (Å²) >= 11 is 0. The molecule has 0 aliphatic rings. The molecule has 0 spiro atoms. The first-order chi connectivity index (χ1) is 8.09. The smallest absolute Gasteiger partial charge is 0.266 e. The minimum absolute atomic E-state index is 0.483. The predicted molar refractivity (Wildman–Crippen MR) is 61.2 cm³/mol. The molecule has 2 N–H and O–H groups in total. The Bertz CT molecular complexity index is 538. The van der Waals surface area contributed by atoms with E-state index in [4.69, 9.17) is 5.73 Å². The van der Waals surface area contributed by atoms with Crippen LogP contribution in [0, 0.1) is 5.82 Å². The fourth-order valence-electron chi connectivity index (χ4n) is 1.63. The summed E-state index contributed by atoms with van der Waals surface area (Å²) in [5.74, 6) is -0.916. The van der Waals surface area contributed by atoms with E-state index in [1.807, 2.05) is 0 Å². The molecule has 2 aromatic carbocycles. The van der Waals surface area contributed by atoms with E-state index in [0.717, 1.165) is 12.1 Å². The zero-order valence-corrected chi connectivity index (χ0v) is 8.83. The lowest BCUT2D eigenvalue weighted by molar-refractivity contribution is 0.146. The highest BCUT2D eigenvalue weighted by Crippen LogP contribution is 2.29. The minimum atomic E-state index is -2.81. The number of hydrogen-bond acceptors (Lipinski definition) is 1. The molecule has 0 atom stereocenters. The number of halogens is 3. The Balaban J connectivity index is 2.49.